The summed E-state index contributed by atoms with van der Waals surface area (Å²) in [6.45, 7) is 0.846. The largest absolute Gasteiger partial charge is 0.494 e. The molecule has 1 saturated carbocycles. The third kappa shape index (κ3) is 2.93. The van der Waals surface area contributed by atoms with E-state index in [9.17, 15) is 0 Å². The number of rotatable bonds is 4. The van der Waals surface area contributed by atoms with E-state index in [-0.39, 0.29) is 0 Å². The molecule has 20 heavy (non-hydrogen) atoms. The molecule has 2 aromatic rings. The Morgan fingerprint density at radius 1 is 1.15 bits per heavy atom. The molecule has 1 N–H and O–H groups in total. The minimum atomic E-state index is 0.666. The molecule has 0 spiro atoms. The van der Waals surface area contributed by atoms with E-state index in [1.165, 1.54) is 32.1 Å². The Bertz CT molecular complexity index is 576. The zero-order valence-electron chi connectivity index (χ0n) is 12.1. The summed E-state index contributed by atoms with van der Waals surface area (Å²) < 4.78 is 5.39. The van der Waals surface area contributed by atoms with Crippen molar-refractivity contribution in [3.8, 4) is 5.75 Å². The van der Waals surface area contributed by atoms with Crippen molar-refractivity contribution in [3.05, 3.63) is 36.0 Å². The van der Waals surface area contributed by atoms with Gasteiger partial charge in [0.15, 0.2) is 0 Å². The number of para-hydroxylation sites is 1. The summed E-state index contributed by atoms with van der Waals surface area (Å²) in [4.78, 5) is 4.74. The molecular formula is C17H22N2O. The summed E-state index contributed by atoms with van der Waals surface area (Å²) in [5.41, 5.74) is 2.05. The van der Waals surface area contributed by atoms with Crippen LogP contribution in [0.5, 0.6) is 5.75 Å². The first-order chi connectivity index (χ1) is 9.86. The summed E-state index contributed by atoms with van der Waals surface area (Å²) in [6.07, 6.45) is 6.71. The predicted molar refractivity (Wildman–Crippen MR) is 82.0 cm³/mol. The topological polar surface area (TPSA) is 34.1 Å². The number of fused-ring (bicyclic) bond motifs is 1. The number of nitrogens with zero attached hydrogens (tertiary/aromatic N) is 1. The van der Waals surface area contributed by atoms with Gasteiger partial charge in [-0.3, -0.25) is 0 Å². The van der Waals surface area contributed by atoms with Crippen molar-refractivity contribution in [1.82, 2.24) is 10.3 Å². The molecular weight excluding hydrogens is 248 g/mol. The number of pyridine rings is 1. The van der Waals surface area contributed by atoms with Crippen LogP contribution >= 0.6 is 0 Å². The van der Waals surface area contributed by atoms with Crippen molar-refractivity contribution >= 4 is 10.9 Å². The second-order valence-corrected chi connectivity index (χ2v) is 5.55. The van der Waals surface area contributed by atoms with Gasteiger partial charge in [0.1, 0.15) is 11.3 Å². The number of aromatic nitrogens is 1. The average Bonchev–Trinajstić information content (AvgIpc) is 2.53. The molecule has 3 heteroatoms. The van der Waals surface area contributed by atoms with E-state index in [1.807, 2.05) is 12.1 Å². The molecule has 1 aromatic heterocycles. The van der Waals surface area contributed by atoms with Crippen LogP contribution in [0.1, 0.15) is 37.8 Å². The fourth-order valence-electron chi connectivity index (χ4n) is 2.98. The number of hydrogen-bond donors (Lipinski definition) is 1. The molecule has 0 amide bonds. The van der Waals surface area contributed by atoms with Crippen molar-refractivity contribution < 1.29 is 4.74 Å². The molecule has 3 nitrogen and oxygen atoms in total. The molecule has 106 valence electrons. The van der Waals surface area contributed by atoms with Crippen LogP contribution in [0.2, 0.25) is 0 Å². The molecule has 1 fully saturated rings. The fourth-order valence-corrected chi connectivity index (χ4v) is 2.98. The molecule has 3 rings (SSSR count). The number of hydrogen-bond acceptors (Lipinski definition) is 3. The van der Waals surface area contributed by atoms with Crippen molar-refractivity contribution in [2.45, 2.75) is 44.7 Å². The van der Waals surface area contributed by atoms with Gasteiger partial charge in [0.05, 0.1) is 12.8 Å². The average molecular weight is 270 g/mol. The minimum Gasteiger partial charge on any atom is -0.494 e. The zero-order valence-corrected chi connectivity index (χ0v) is 12.1. The van der Waals surface area contributed by atoms with Gasteiger partial charge in [0, 0.05) is 18.0 Å². The lowest BCUT2D eigenvalue weighted by Crippen LogP contribution is -2.30. The Kier molecular flexibility index (Phi) is 4.16. The Morgan fingerprint density at radius 3 is 2.80 bits per heavy atom. The van der Waals surface area contributed by atoms with Crippen molar-refractivity contribution in [1.29, 1.82) is 0 Å². The number of benzene rings is 1. The lowest BCUT2D eigenvalue weighted by Gasteiger charge is -2.22. The van der Waals surface area contributed by atoms with Gasteiger partial charge in [-0.05, 0) is 25.0 Å². The highest BCUT2D eigenvalue weighted by atomic mass is 16.5. The van der Waals surface area contributed by atoms with Gasteiger partial charge in [-0.25, -0.2) is 4.98 Å². The third-order valence-electron chi connectivity index (χ3n) is 4.14. The van der Waals surface area contributed by atoms with Gasteiger partial charge in [-0.2, -0.15) is 0 Å². The quantitative estimate of drug-likeness (QED) is 0.920. The van der Waals surface area contributed by atoms with Crippen LogP contribution in [0.4, 0.5) is 0 Å². The van der Waals surface area contributed by atoms with E-state index >= 15 is 0 Å². The molecule has 1 heterocycles. The van der Waals surface area contributed by atoms with Crippen LogP contribution in [0.15, 0.2) is 30.3 Å². The van der Waals surface area contributed by atoms with Crippen molar-refractivity contribution in [3.63, 3.8) is 0 Å². The molecule has 0 atom stereocenters. The van der Waals surface area contributed by atoms with Gasteiger partial charge in [-0.15, -0.1) is 0 Å². The van der Waals surface area contributed by atoms with Gasteiger partial charge in [0.2, 0.25) is 0 Å². The standard InChI is InChI=1S/C17H22N2O/c1-20-16-9-5-6-13-10-11-15(19-17(13)16)12-18-14-7-3-2-4-8-14/h5-6,9-11,14,18H,2-4,7-8,12H2,1H3. The molecule has 0 bridgehead atoms. The van der Waals surface area contributed by atoms with E-state index in [0.29, 0.717) is 6.04 Å². The molecule has 0 saturated heterocycles. The lowest BCUT2D eigenvalue weighted by molar-refractivity contribution is 0.371. The summed E-state index contributed by atoms with van der Waals surface area (Å²) in [6, 6.07) is 10.9. The van der Waals surface area contributed by atoms with E-state index in [4.69, 9.17) is 9.72 Å². The highest BCUT2D eigenvalue weighted by Gasteiger charge is 2.12. The van der Waals surface area contributed by atoms with E-state index in [1.54, 1.807) is 7.11 Å². The fraction of sp³-hybridized carbons (Fsp3) is 0.471. The smallest absolute Gasteiger partial charge is 0.145 e. The second-order valence-electron chi connectivity index (χ2n) is 5.55. The summed E-state index contributed by atoms with van der Waals surface area (Å²) in [5.74, 6) is 0.849. The Labute approximate surface area is 120 Å². The second kappa shape index (κ2) is 6.23. The SMILES string of the molecule is COc1cccc2ccc(CNC3CCCCC3)nc12. The predicted octanol–water partition coefficient (Wildman–Crippen LogP) is 3.67. The number of methoxy groups -OCH3 is 1. The highest BCUT2D eigenvalue weighted by molar-refractivity contribution is 5.84. The van der Waals surface area contributed by atoms with Crippen LogP contribution in [0.3, 0.4) is 0 Å². The molecule has 1 aromatic carbocycles. The van der Waals surface area contributed by atoms with Crippen LogP contribution in [-0.2, 0) is 6.54 Å². The first-order valence-corrected chi connectivity index (χ1v) is 7.53. The minimum absolute atomic E-state index is 0.666. The molecule has 0 unspecified atom stereocenters. The molecule has 1 aliphatic rings. The third-order valence-corrected chi connectivity index (χ3v) is 4.14. The monoisotopic (exact) mass is 270 g/mol. The van der Waals surface area contributed by atoms with Crippen LogP contribution in [-0.4, -0.2) is 18.1 Å². The number of nitrogens with one attached hydrogen (secondary N) is 1. The van der Waals surface area contributed by atoms with Gasteiger partial charge >= 0.3 is 0 Å². The maximum Gasteiger partial charge on any atom is 0.145 e. The Balaban J connectivity index is 1.74. The first-order valence-electron chi connectivity index (χ1n) is 7.53. The van der Waals surface area contributed by atoms with Crippen molar-refractivity contribution in [2.75, 3.05) is 7.11 Å². The van der Waals surface area contributed by atoms with E-state index in [2.05, 4.69) is 23.5 Å². The molecule has 0 aliphatic heterocycles. The highest BCUT2D eigenvalue weighted by Crippen LogP contribution is 2.24. The lowest BCUT2D eigenvalue weighted by atomic mass is 9.95. The van der Waals surface area contributed by atoms with Crippen LogP contribution < -0.4 is 10.1 Å². The van der Waals surface area contributed by atoms with Crippen LogP contribution in [0.25, 0.3) is 10.9 Å². The maximum absolute atomic E-state index is 5.39. The van der Waals surface area contributed by atoms with Gasteiger partial charge < -0.3 is 10.1 Å². The molecule has 1 aliphatic carbocycles. The summed E-state index contributed by atoms with van der Waals surface area (Å²) in [5, 5.41) is 4.77. The first kappa shape index (κ1) is 13.4. The maximum atomic E-state index is 5.39. The summed E-state index contributed by atoms with van der Waals surface area (Å²) >= 11 is 0. The van der Waals surface area contributed by atoms with E-state index < -0.39 is 0 Å². The number of ether oxygens (including phenoxy) is 1. The Morgan fingerprint density at radius 2 is 2.00 bits per heavy atom. The van der Waals surface area contributed by atoms with Crippen LogP contribution in [0, 0.1) is 0 Å². The van der Waals surface area contributed by atoms with Gasteiger partial charge in [0.25, 0.3) is 0 Å². The summed E-state index contributed by atoms with van der Waals surface area (Å²) in [7, 11) is 1.70. The normalized spacial score (nSPS) is 16.4. The van der Waals surface area contributed by atoms with Crippen molar-refractivity contribution in [2.24, 2.45) is 0 Å². The van der Waals surface area contributed by atoms with Gasteiger partial charge in [-0.1, -0.05) is 37.5 Å². The zero-order chi connectivity index (χ0) is 13.8. The van der Waals surface area contributed by atoms with E-state index in [0.717, 1.165) is 28.9 Å². The molecule has 0 radical (unpaired) electrons. The Hall–Kier alpha value is -1.61.